The second kappa shape index (κ2) is 13.8. The number of imidazole rings is 1. The number of benzene rings is 2. The first-order valence-corrected chi connectivity index (χ1v) is 16.6. The third-order valence-corrected chi connectivity index (χ3v) is 9.87. The van der Waals surface area contributed by atoms with E-state index in [1.807, 2.05) is 12.1 Å². The number of nitriles is 1. The first-order chi connectivity index (χ1) is 23.4. The molecule has 3 aliphatic heterocycles. The smallest absolute Gasteiger partial charge is 0.318 e. The summed E-state index contributed by atoms with van der Waals surface area (Å²) in [6, 6.07) is 14.6. The van der Waals surface area contributed by atoms with E-state index in [9.17, 15) is 10.1 Å². The molecule has 2 aromatic heterocycles. The van der Waals surface area contributed by atoms with Crippen molar-refractivity contribution in [3.8, 4) is 12.1 Å². The fourth-order valence-electron chi connectivity index (χ4n) is 6.83. The lowest BCUT2D eigenvalue weighted by Gasteiger charge is -2.42. The van der Waals surface area contributed by atoms with Gasteiger partial charge in [-0.25, -0.2) is 4.98 Å². The minimum Gasteiger partial charge on any atom is -0.462 e. The average molecular weight is 668 g/mol. The Hall–Kier alpha value is -4.70. The van der Waals surface area contributed by atoms with Crippen LogP contribution in [-0.2, 0) is 22.5 Å². The van der Waals surface area contributed by atoms with Gasteiger partial charge in [0.05, 0.1) is 61.4 Å². The largest absolute Gasteiger partial charge is 0.462 e. The molecule has 0 bridgehead atoms. The van der Waals surface area contributed by atoms with Crippen molar-refractivity contribution in [2.75, 3.05) is 69.4 Å². The van der Waals surface area contributed by atoms with Gasteiger partial charge in [0.25, 0.3) is 5.91 Å². The number of carbonyl (C=O) groups excluding carboxylic acids is 1. The van der Waals surface area contributed by atoms with E-state index in [1.165, 1.54) is 0 Å². The number of piperazine rings is 1. The minimum absolute atomic E-state index is 0.0920. The summed E-state index contributed by atoms with van der Waals surface area (Å²) in [6.07, 6.45) is 5.74. The van der Waals surface area contributed by atoms with Gasteiger partial charge < -0.3 is 28.7 Å². The predicted molar refractivity (Wildman–Crippen MR) is 184 cm³/mol. The second-order valence-electron chi connectivity index (χ2n) is 12.4. The summed E-state index contributed by atoms with van der Waals surface area (Å²) in [5.74, 6) is 0.576. The van der Waals surface area contributed by atoms with E-state index in [1.54, 1.807) is 28.2 Å². The molecule has 13 heteroatoms. The van der Waals surface area contributed by atoms with Gasteiger partial charge in [0.1, 0.15) is 18.1 Å². The number of morpholine rings is 1. The van der Waals surface area contributed by atoms with Crippen LogP contribution in [0.3, 0.4) is 0 Å². The van der Waals surface area contributed by atoms with Crippen LogP contribution in [0.15, 0.2) is 61.7 Å². The van der Waals surface area contributed by atoms with Crippen molar-refractivity contribution in [2.45, 2.75) is 31.5 Å². The molecule has 4 aromatic rings. The molecule has 3 aliphatic rings. The highest BCUT2D eigenvalue weighted by atomic mass is 35.5. The lowest BCUT2D eigenvalue weighted by atomic mass is 10.0. The monoisotopic (exact) mass is 667 g/mol. The molecule has 1 amide bonds. The molecule has 248 valence electrons. The van der Waals surface area contributed by atoms with E-state index in [0.717, 1.165) is 46.6 Å². The molecular formula is C35H38ClN9O3. The Labute approximate surface area is 284 Å². The van der Waals surface area contributed by atoms with Gasteiger partial charge in [-0.1, -0.05) is 42.4 Å². The second-order valence-corrected chi connectivity index (χ2v) is 12.8. The number of likely N-dealkylation sites (N-methyl/N-ethyl adjacent to an activating group) is 1. The zero-order chi connectivity index (χ0) is 33.2. The fraction of sp³-hybridized carbons (Fsp3) is 0.400. The molecule has 0 radical (unpaired) electrons. The molecule has 5 heterocycles. The number of hydrogen-bond donors (Lipinski definition) is 0. The van der Waals surface area contributed by atoms with Gasteiger partial charge in [-0.05, 0) is 31.0 Å². The summed E-state index contributed by atoms with van der Waals surface area (Å²) in [6.45, 7) is 9.24. The van der Waals surface area contributed by atoms with E-state index in [0.29, 0.717) is 69.2 Å². The molecule has 0 N–H and O–H groups in total. The van der Waals surface area contributed by atoms with Gasteiger partial charge in [-0.3, -0.25) is 9.69 Å². The first-order valence-electron chi connectivity index (χ1n) is 16.2. The van der Waals surface area contributed by atoms with Crippen LogP contribution in [0.4, 0.5) is 11.5 Å². The van der Waals surface area contributed by atoms with E-state index >= 15 is 0 Å². The van der Waals surface area contributed by atoms with Crippen LogP contribution in [0.2, 0.25) is 5.02 Å². The lowest BCUT2D eigenvalue weighted by molar-refractivity contribution is -0.128. The molecule has 0 unspecified atom stereocenters. The summed E-state index contributed by atoms with van der Waals surface area (Å²) in [4.78, 5) is 36.0. The number of anilines is 2. The molecule has 0 saturated carbocycles. The van der Waals surface area contributed by atoms with Crippen molar-refractivity contribution < 1.29 is 14.3 Å². The number of ether oxygens (including phenoxy) is 2. The van der Waals surface area contributed by atoms with Crippen LogP contribution in [0.1, 0.15) is 17.7 Å². The van der Waals surface area contributed by atoms with Crippen molar-refractivity contribution in [2.24, 2.45) is 0 Å². The average Bonchev–Trinajstić information content (AvgIpc) is 3.65. The van der Waals surface area contributed by atoms with Crippen LogP contribution in [0.5, 0.6) is 6.01 Å². The van der Waals surface area contributed by atoms with E-state index in [4.69, 9.17) is 31.0 Å². The Bertz CT molecular complexity index is 1850. The lowest BCUT2D eigenvalue weighted by Crippen LogP contribution is -2.56. The van der Waals surface area contributed by atoms with Crippen molar-refractivity contribution in [3.63, 3.8) is 0 Å². The maximum Gasteiger partial charge on any atom is 0.318 e. The van der Waals surface area contributed by atoms with E-state index < -0.39 is 0 Å². The van der Waals surface area contributed by atoms with E-state index in [2.05, 4.69) is 63.6 Å². The standard InChI is InChI=1S/C35H38ClN9O3/c1-24(44-14-12-38-23-44)34(46)45-16-15-43(19-26(45)9-11-37)33-28-10-13-42(31-8-4-6-25-5-3-7-29(36)32(25)31)20-30(28)39-35(40-33)48-22-27-21-47-18-17-41(27)2/h3-8,12,14,23,26-27H,1,9-10,13,15-22H2,2H3/t26-,27-/m0/s1. The van der Waals surface area contributed by atoms with Gasteiger partial charge in [0.15, 0.2) is 0 Å². The Balaban J connectivity index is 1.19. The number of carbonyl (C=O) groups is 1. The quantitative estimate of drug-likeness (QED) is 0.257. The molecule has 0 spiro atoms. The Morgan fingerprint density at radius 1 is 1.12 bits per heavy atom. The van der Waals surface area contributed by atoms with Crippen LogP contribution >= 0.6 is 11.6 Å². The Kier molecular flexibility index (Phi) is 9.17. The van der Waals surface area contributed by atoms with Crippen LogP contribution < -0.4 is 14.5 Å². The molecule has 12 nitrogen and oxygen atoms in total. The van der Waals surface area contributed by atoms with E-state index in [-0.39, 0.29) is 24.4 Å². The zero-order valence-corrected chi connectivity index (χ0v) is 27.7. The normalized spacial score (nSPS) is 20.0. The van der Waals surface area contributed by atoms with Crippen LogP contribution in [0, 0.1) is 11.3 Å². The van der Waals surface area contributed by atoms with Gasteiger partial charge in [-0.15, -0.1) is 0 Å². The van der Waals surface area contributed by atoms with Crippen LogP contribution in [-0.4, -0.2) is 107 Å². The van der Waals surface area contributed by atoms with Gasteiger partial charge in [-0.2, -0.15) is 15.2 Å². The molecule has 2 fully saturated rings. The van der Waals surface area contributed by atoms with Crippen LogP contribution in [0.25, 0.3) is 16.5 Å². The maximum atomic E-state index is 13.5. The number of halogens is 1. The Morgan fingerprint density at radius 2 is 1.98 bits per heavy atom. The summed E-state index contributed by atoms with van der Waals surface area (Å²) < 4.78 is 13.6. The molecule has 48 heavy (non-hydrogen) atoms. The number of amides is 1. The SMILES string of the molecule is C=C(C(=O)N1CCN(c2nc(OC[C@@H]3COCCN3C)nc3c2CCN(c2cccc4cccc(Cl)c24)C3)C[C@@H]1CC#N)n1ccnc1. The van der Waals surface area contributed by atoms with Crippen molar-refractivity contribution in [1.82, 2.24) is 29.3 Å². The number of aromatic nitrogens is 4. The fourth-order valence-corrected chi connectivity index (χ4v) is 7.11. The van der Waals surface area contributed by atoms with Crippen molar-refractivity contribution in [1.29, 1.82) is 5.26 Å². The number of fused-ring (bicyclic) bond motifs is 2. The number of rotatable bonds is 8. The topological polar surface area (TPSA) is 116 Å². The molecule has 2 atom stereocenters. The summed E-state index contributed by atoms with van der Waals surface area (Å²) in [5, 5.41) is 12.6. The minimum atomic E-state index is -0.350. The summed E-state index contributed by atoms with van der Waals surface area (Å²) >= 11 is 6.73. The zero-order valence-electron chi connectivity index (χ0n) is 27.0. The van der Waals surface area contributed by atoms with Crippen molar-refractivity contribution >= 4 is 45.5 Å². The van der Waals surface area contributed by atoms with Gasteiger partial charge >= 0.3 is 6.01 Å². The number of hydrogen-bond acceptors (Lipinski definition) is 10. The summed E-state index contributed by atoms with van der Waals surface area (Å²) in [7, 11) is 2.07. The molecule has 2 saturated heterocycles. The highest BCUT2D eigenvalue weighted by molar-refractivity contribution is 6.36. The third-order valence-electron chi connectivity index (χ3n) is 9.56. The molecule has 2 aromatic carbocycles. The van der Waals surface area contributed by atoms with Gasteiger partial charge in [0, 0.05) is 61.8 Å². The predicted octanol–water partition coefficient (Wildman–Crippen LogP) is 3.85. The summed E-state index contributed by atoms with van der Waals surface area (Å²) in [5.41, 5.74) is 3.31. The maximum absolute atomic E-state index is 13.5. The van der Waals surface area contributed by atoms with Gasteiger partial charge in [0.2, 0.25) is 0 Å². The molecule has 0 aliphatic carbocycles. The van der Waals surface area contributed by atoms with Crippen molar-refractivity contribution in [3.05, 3.63) is 78.0 Å². The highest BCUT2D eigenvalue weighted by Gasteiger charge is 2.35. The Morgan fingerprint density at radius 3 is 2.77 bits per heavy atom. The third kappa shape index (κ3) is 6.29. The molecule has 7 rings (SSSR count). The number of nitrogens with zero attached hydrogens (tertiary/aromatic N) is 9. The highest BCUT2D eigenvalue weighted by Crippen LogP contribution is 2.37. The first kappa shape index (κ1) is 31.9. The molecular weight excluding hydrogens is 630 g/mol.